The first-order valence-corrected chi connectivity index (χ1v) is 9.11. The van der Waals surface area contributed by atoms with Crippen LogP contribution in [0.1, 0.15) is 18.4 Å². The maximum Gasteiger partial charge on any atom is 0.136 e. The number of pyridine rings is 1. The normalized spacial score (nSPS) is 14.3. The molecule has 4 rings (SSSR count). The minimum Gasteiger partial charge on any atom is -0.488 e. The van der Waals surface area contributed by atoms with Crippen LogP contribution in [0, 0.1) is 5.92 Å². The molecule has 0 bridgehead atoms. The molecule has 0 saturated heterocycles. The Labute approximate surface area is 157 Å². The fraction of sp³-hybridized carbons (Fsp3) is 0.312. The fourth-order valence-electron chi connectivity index (χ4n) is 2.54. The van der Waals surface area contributed by atoms with Gasteiger partial charge in [-0.3, -0.25) is 0 Å². The molecule has 1 aliphatic rings. The van der Waals surface area contributed by atoms with Gasteiger partial charge in [0.15, 0.2) is 0 Å². The minimum absolute atomic E-state index is 0.336. The molecule has 0 unspecified atom stereocenters. The van der Waals surface area contributed by atoms with E-state index in [1.165, 1.54) is 12.8 Å². The quantitative estimate of drug-likeness (QED) is 0.544. The van der Waals surface area contributed by atoms with Crippen molar-refractivity contribution >= 4 is 50.2 Å². The van der Waals surface area contributed by atoms with Crippen molar-refractivity contribution in [1.29, 1.82) is 0 Å². The van der Waals surface area contributed by atoms with E-state index >= 15 is 0 Å². The zero-order chi connectivity index (χ0) is 16.7. The molecule has 1 fully saturated rings. The third-order valence-corrected chi connectivity index (χ3v) is 5.09. The van der Waals surface area contributed by atoms with Crippen LogP contribution in [0.4, 0.5) is 0 Å². The second-order valence-electron chi connectivity index (χ2n) is 5.87. The van der Waals surface area contributed by atoms with Crippen LogP contribution in [-0.2, 0) is 13.2 Å². The molecule has 3 aromatic rings. The number of hydrogen-bond acceptors (Lipinski definition) is 4. The van der Waals surface area contributed by atoms with E-state index in [0.29, 0.717) is 22.7 Å². The number of benzene rings is 1. The number of hydrogen-bond donors (Lipinski definition) is 0. The summed E-state index contributed by atoms with van der Waals surface area (Å²) in [5.74, 6) is 1.44. The maximum atomic E-state index is 5.91. The summed E-state index contributed by atoms with van der Waals surface area (Å²) in [6.45, 7) is 1.26. The molecule has 0 spiro atoms. The highest BCUT2D eigenvalue weighted by Crippen LogP contribution is 2.35. The molecule has 0 aliphatic heterocycles. The largest absolute Gasteiger partial charge is 0.488 e. The van der Waals surface area contributed by atoms with Crippen LogP contribution in [0.2, 0.25) is 10.3 Å². The molecule has 8 heteroatoms. The van der Waals surface area contributed by atoms with Crippen LogP contribution in [0.3, 0.4) is 0 Å². The molecule has 1 saturated carbocycles. The summed E-state index contributed by atoms with van der Waals surface area (Å²) in [6.07, 6.45) is 2.56. The molecule has 24 heavy (non-hydrogen) atoms. The first-order valence-electron chi connectivity index (χ1n) is 7.56. The molecule has 0 radical (unpaired) electrons. The predicted molar refractivity (Wildman–Crippen MR) is 96.5 cm³/mol. The van der Waals surface area contributed by atoms with Gasteiger partial charge in [-0.2, -0.15) is 0 Å². The standard InChI is InChI=1S/C16H13BrCl2N4O/c17-15-12(24-8-10-5-13(18)20-14(19)6-10)4-3-11-16(15)21-22-23(11)7-9-1-2-9/h3-6,9H,1-2,7-8H2. The molecule has 0 N–H and O–H groups in total. The lowest BCUT2D eigenvalue weighted by molar-refractivity contribution is 0.304. The summed E-state index contributed by atoms with van der Waals surface area (Å²) in [4.78, 5) is 3.92. The van der Waals surface area contributed by atoms with E-state index in [-0.39, 0.29) is 0 Å². The summed E-state index contributed by atoms with van der Waals surface area (Å²) in [6, 6.07) is 7.37. The molecule has 2 heterocycles. The van der Waals surface area contributed by atoms with Crippen molar-refractivity contribution < 1.29 is 4.74 Å². The SMILES string of the molecule is Clc1cc(COc2ccc3c(nnn3CC3CC3)c2Br)cc(Cl)n1. The van der Waals surface area contributed by atoms with Gasteiger partial charge in [0, 0.05) is 6.54 Å². The van der Waals surface area contributed by atoms with Crippen molar-refractivity contribution in [2.45, 2.75) is 26.0 Å². The Kier molecular flexibility index (Phi) is 4.37. The van der Waals surface area contributed by atoms with E-state index in [4.69, 9.17) is 27.9 Å². The van der Waals surface area contributed by atoms with Gasteiger partial charge in [-0.05, 0) is 64.5 Å². The number of aromatic nitrogens is 4. The summed E-state index contributed by atoms with van der Waals surface area (Å²) in [5.41, 5.74) is 2.67. The Bertz CT molecular complexity index is 890. The predicted octanol–water partition coefficient (Wildman–Crippen LogP) is 4.88. The van der Waals surface area contributed by atoms with Gasteiger partial charge in [-0.25, -0.2) is 9.67 Å². The number of nitrogens with zero attached hydrogens (tertiary/aromatic N) is 4. The van der Waals surface area contributed by atoms with Crippen molar-refractivity contribution in [2.75, 3.05) is 0 Å². The molecule has 2 aromatic heterocycles. The van der Waals surface area contributed by atoms with Crippen LogP contribution in [-0.4, -0.2) is 20.0 Å². The highest BCUT2D eigenvalue weighted by Gasteiger charge is 2.23. The lowest BCUT2D eigenvalue weighted by Crippen LogP contribution is -2.01. The Morgan fingerprint density at radius 2 is 1.96 bits per heavy atom. The van der Waals surface area contributed by atoms with Gasteiger partial charge < -0.3 is 4.74 Å². The molecular weight excluding hydrogens is 415 g/mol. The summed E-state index contributed by atoms with van der Waals surface area (Å²) < 4.78 is 8.64. The highest BCUT2D eigenvalue weighted by molar-refractivity contribution is 9.10. The Morgan fingerprint density at radius 1 is 1.21 bits per heavy atom. The summed E-state index contributed by atoms with van der Waals surface area (Å²) >= 11 is 15.4. The number of fused-ring (bicyclic) bond motifs is 1. The van der Waals surface area contributed by atoms with Gasteiger partial charge >= 0.3 is 0 Å². The van der Waals surface area contributed by atoms with Crippen LogP contribution in [0.15, 0.2) is 28.7 Å². The van der Waals surface area contributed by atoms with Crippen molar-refractivity contribution in [3.8, 4) is 5.75 Å². The van der Waals surface area contributed by atoms with Crippen LogP contribution in [0.5, 0.6) is 5.75 Å². The monoisotopic (exact) mass is 426 g/mol. The summed E-state index contributed by atoms with van der Waals surface area (Å²) in [5, 5.41) is 9.23. The topological polar surface area (TPSA) is 52.8 Å². The molecule has 124 valence electrons. The number of rotatable bonds is 5. The second kappa shape index (κ2) is 6.50. The van der Waals surface area contributed by atoms with E-state index in [0.717, 1.165) is 33.5 Å². The van der Waals surface area contributed by atoms with Gasteiger partial charge in [0.1, 0.15) is 28.2 Å². The molecule has 1 aromatic carbocycles. The average molecular weight is 428 g/mol. The van der Waals surface area contributed by atoms with Gasteiger partial charge in [0.05, 0.1) is 9.99 Å². The van der Waals surface area contributed by atoms with Crippen molar-refractivity contribution in [1.82, 2.24) is 20.0 Å². The van der Waals surface area contributed by atoms with E-state index in [2.05, 4.69) is 31.2 Å². The van der Waals surface area contributed by atoms with E-state index in [9.17, 15) is 0 Å². The average Bonchev–Trinajstić information content (AvgIpc) is 3.25. The van der Waals surface area contributed by atoms with E-state index in [1.807, 2.05) is 16.8 Å². The third kappa shape index (κ3) is 3.36. The van der Waals surface area contributed by atoms with Crippen LogP contribution < -0.4 is 4.74 Å². The second-order valence-corrected chi connectivity index (χ2v) is 7.44. The molecule has 5 nitrogen and oxygen atoms in total. The van der Waals surface area contributed by atoms with Gasteiger partial charge in [-0.15, -0.1) is 5.10 Å². The Hall–Kier alpha value is -1.37. The van der Waals surface area contributed by atoms with Gasteiger partial charge in [0.2, 0.25) is 0 Å². The smallest absolute Gasteiger partial charge is 0.136 e. The maximum absolute atomic E-state index is 5.91. The number of ether oxygens (including phenoxy) is 1. The summed E-state index contributed by atoms with van der Waals surface area (Å²) in [7, 11) is 0. The van der Waals surface area contributed by atoms with Crippen molar-refractivity contribution in [3.05, 3.63) is 44.6 Å². The van der Waals surface area contributed by atoms with E-state index in [1.54, 1.807) is 12.1 Å². The zero-order valence-electron chi connectivity index (χ0n) is 12.5. The first-order chi connectivity index (χ1) is 11.6. The van der Waals surface area contributed by atoms with Crippen molar-refractivity contribution in [3.63, 3.8) is 0 Å². The lowest BCUT2D eigenvalue weighted by atomic mass is 10.2. The zero-order valence-corrected chi connectivity index (χ0v) is 15.6. The van der Waals surface area contributed by atoms with E-state index < -0.39 is 0 Å². The first kappa shape index (κ1) is 16.1. The number of halogens is 3. The Morgan fingerprint density at radius 3 is 2.67 bits per heavy atom. The molecular formula is C16H13BrCl2N4O. The van der Waals surface area contributed by atoms with Gasteiger partial charge in [-0.1, -0.05) is 28.4 Å². The highest BCUT2D eigenvalue weighted by atomic mass is 79.9. The minimum atomic E-state index is 0.336. The fourth-order valence-corrected chi connectivity index (χ4v) is 3.57. The molecule has 1 aliphatic carbocycles. The van der Waals surface area contributed by atoms with Gasteiger partial charge in [0.25, 0.3) is 0 Å². The lowest BCUT2D eigenvalue weighted by Gasteiger charge is -2.09. The molecule has 0 amide bonds. The molecule has 0 atom stereocenters. The van der Waals surface area contributed by atoms with Crippen LogP contribution in [0.25, 0.3) is 11.0 Å². The third-order valence-electron chi connectivity index (χ3n) is 3.94. The Balaban J connectivity index is 1.56. The van der Waals surface area contributed by atoms with Crippen LogP contribution >= 0.6 is 39.1 Å². The van der Waals surface area contributed by atoms with Crippen molar-refractivity contribution in [2.24, 2.45) is 5.92 Å².